The Morgan fingerprint density at radius 3 is 2.38 bits per heavy atom. The molecular weight excluding hydrogens is 100 g/mol. The number of benzene rings is 1. The standard InChI is InChI=1S/C7H7O/c1-8-7-5-3-2-4-6-7/h3-6H,1H3/q-1. The number of hydrogen-bond donors (Lipinski definition) is 0. The average molecular weight is 107 g/mol. The van der Waals surface area contributed by atoms with E-state index in [9.17, 15) is 0 Å². The third-order valence-corrected chi connectivity index (χ3v) is 0.923. The molecule has 0 saturated heterocycles. The van der Waals surface area contributed by atoms with Gasteiger partial charge in [0.1, 0.15) is 0 Å². The maximum absolute atomic E-state index is 4.89. The second-order valence-electron chi connectivity index (χ2n) is 1.44. The van der Waals surface area contributed by atoms with Crippen LogP contribution in [0.3, 0.4) is 0 Å². The van der Waals surface area contributed by atoms with Crippen LogP contribution in [0, 0.1) is 6.07 Å². The highest BCUT2D eigenvalue weighted by Crippen LogP contribution is 2.05. The highest BCUT2D eigenvalue weighted by molar-refractivity contribution is 5.19. The molecule has 0 spiro atoms. The van der Waals surface area contributed by atoms with Crippen LogP contribution in [0.2, 0.25) is 0 Å². The summed E-state index contributed by atoms with van der Waals surface area (Å²) in [5.74, 6) is 0.878. The van der Waals surface area contributed by atoms with Gasteiger partial charge < -0.3 is 4.74 Å². The minimum absolute atomic E-state index is 0.878. The molecule has 1 heteroatoms. The molecule has 0 aromatic heterocycles. The molecule has 0 N–H and O–H groups in total. The minimum atomic E-state index is 0.878. The van der Waals surface area contributed by atoms with Crippen LogP contribution in [0.5, 0.6) is 5.75 Å². The predicted molar refractivity (Wildman–Crippen MR) is 31.8 cm³/mol. The summed E-state index contributed by atoms with van der Waals surface area (Å²) in [5, 5.41) is 0. The first-order chi connectivity index (χ1) is 3.93. The smallest absolute Gasteiger partial charge is 0.0743 e. The van der Waals surface area contributed by atoms with Crippen molar-refractivity contribution >= 4 is 0 Å². The molecule has 1 nitrogen and oxygen atoms in total. The number of ether oxygens (including phenoxy) is 1. The fraction of sp³-hybridized carbons (Fsp3) is 0.143. The van der Waals surface area contributed by atoms with E-state index in [4.69, 9.17) is 4.74 Å². The molecular formula is C7H7O-. The van der Waals surface area contributed by atoms with Gasteiger partial charge in [-0.25, -0.2) is 0 Å². The van der Waals surface area contributed by atoms with Gasteiger partial charge in [0, 0.05) is 5.75 Å². The fourth-order valence-corrected chi connectivity index (χ4v) is 0.508. The minimum Gasteiger partial charge on any atom is -0.522 e. The number of methoxy groups -OCH3 is 1. The Labute approximate surface area is 48.9 Å². The van der Waals surface area contributed by atoms with E-state index in [0.717, 1.165) is 5.75 Å². The number of hydrogen-bond acceptors (Lipinski definition) is 1. The van der Waals surface area contributed by atoms with Crippen LogP contribution in [0.25, 0.3) is 0 Å². The second kappa shape index (κ2) is 2.36. The third kappa shape index (κ3) is 0.997. The predicted octanol–water partition coefficient (Wildman–Crippen LogP) is 1.50. The van der Waals surface area contributed by atoms with Crippen LogP contribution in [-0.2, 0) is 0 Å². The molecule has 42 valence electrons. The van der Waals surface area contributed by atoms with Crippen LogP contribution in [-0.4, -0.2) is 7.11 Å². The van der Waals surface area contributed by atoms with Crippen molar-refractivity contribution in [3.05, 3.63) is 30.3 Å². The van der Waals surface area contributed by atoms with E-state index in [2.05, 4.69) is 6.07 Å². The maximum atomic E-state index is 4.89. The molecule has 0 fully saturated rings. The molecule has 0 saturated carbocycles. The molecule has 0 aliphatic rings. The lowest BCUT2D eigenvalue weighted by Gasteiger charge is -2.01. The zero-order valence-electron chi connectivity index (χ0n) is 4.72. The van der Waals surface area contributed by atoms with Crippen molar-refractivity contribution < 1.29 is 4.74 Å². The van der Waals surface area contributed by atoms with E-state index in [1.165, 1.54) is 0 Å². The Morgan fingerprint density at radius 2 is 2.00 bits per heavy atom. The maximum Gasteiger partial charge on any atom is 0.0743 e. The summed E-state index contributed by atoms with van der Waals surface area (Å²) in [5.41, 5.74) is 0. The summed E-state index contributed by atoms with van der Waals surface area (Å²) in [7, 11) is 1.65. The lowest BCUT2D eigenvalue weighted by atomic mass is 10.3. The van der Waals surface area contributed by atoms with Crippen molar-refractivity contribution in [2.45, 2.75) is 0 Å². The Kier molecular flexibility index (Phi) is 1.52. The Hall–Kier alpha value is -0.980. The molecule has 0 heterocycles. The van der Waals surface area contributed by atoms with Crippen molar-refractivity contribution in [2.75, 3.05) is 7.11 Å². The van der Waals surface area contributed by atoms with Gasteiger partial charge >= 0.3 is 0 Å². The summed E-state index contributed by atoms with van der Waals surface area (Å²) in [4.78, 5) is 0. The van der Waals surface area contributed by atoms with Gasteiger partial charge in [-0.15, -0.1) is 12.1 Å². The van der Waals surface area contributed by atoms with Gasteiger partial charge in [-0.3, -0.25) is 0 Å². The summed E-state index contributed by atoms with van der Waals surface area (Å²) >= 11 is 0. The normalized spacial score (nSPS) is 8.62. The fourth-order valence-electron chi connectivity index (χ4n) is 0.508. The molecule has 0 radical (unpaired) electrons. The molecule has 1 aromatic rings. The van der Waals surface area contributed by atoms with Gasteiger partial charge in [-0.05, 0) is 0 Å². The monoisotopic (exact) mass is 107 g/mol. The van der Waals surface area contributed by atoms with Gasteiger partial charge in [0.25, 0.3) is 0 Å². The van der Waals surface area contributed by atoms with Gasteiger partial charge in [0.2, 0.25) is 0 Å². The molecule has 0 unspecified atom stereocenters. The zero-order valence-corrected chi connectivity index (χ0v) is 4.72. The van der Waals surface area contributed by atoms with Gasteiger partial charge in [-0.1, -0.05) is 0 Å². The van der Waals surface area contributed by atoms with Gasteiger partial charge in [0.15, 0.2) is 0 Å². The van der Waals surface area contributed by atoms with Crippen molar-refractivity contribution in [1.82, 2.24) is 0 Å². The third-order valence-electron chi connectivity index (χ3n) is 0.923. The van der Waals surface area contributed by atoms with Gasteiger partial charge in [0.05, 0.1) is 7.11 Å². The average Bonchev–Trinajstić information content (AvgIpc) is 1.90. The van der Waals surface area contributed by atoms with E-state index in [0.29, 0.717) is 0 Å². The summed E-state index contributed by atoms with van der Waals surface area (Å²) in [6.07, 6.45) is 0. The van der Waals surface area contributed by atoms with Crippen LogP contribution in [0.4, 0.5) is 0 Å². The van der Waals surface area contributed by atoms with E-state index in [-0.39, 0.29) is 0 Å². The summed E-state index contributed by atoms with van der Waals surface area (Å²) < 4.78 is 4.89. The lowest BCUT2D eigenvalue weighted by Crippen LogP contribution is -1.78. The van der Waals surface area contributed by atoms with E-state index in [1.807, 2.05) is 24.3 Å². The zero-order chi connectivity index (χ0) is 5.82. The van der Waals surface area contributed by atoms with E-state index < -0.39 is 0 Å². The first kappa shape index (κ1) is 5.16. The quantitative estimate of drug-likeness (QED) is 0.494. The SMILES string of the molecule is COc1cc[c-]cc1. The van der Waals surface area contributed by atoms with E-state index in [1.54, 1.807) is 7.11 Å². The number of rotatable bonds is 1. The molecule has 0 aliphatic carbocycles. The molecule has 0 amide bonds. The first-order valence-corrected chi connectivity index (χ1v) is 2.43. The first-order valence-electron chi connectivity index (χ1n) is 2.43. The summed E-state index contributed by atoms with van der Waals surface area (Å²) in [6, 6.07) is 10.2. The van der Waals surface area contributed by atoms with Crippen molar-refractivity contribution in [1.29, 1.82) is 0 Å². The van der Waals surface area contributed by atoms with E-state index >= 15 is 0 Å². The van der Waals surface area contributed by atoms with Crippen molar-refractivity contribution in [3.63, 3.8) is 0 Å². The van der Waals surface area contributed by atoms with Crippen molar-refractivity contribution in [3.8, 4) is 5.75 Å². The largest absolute Gasteiger partial charge is 0.522 e. The molecule has 0 bridgehead atoms. The highest BCUT2D eigenvalue weighted by Gasteiger charge is 1.70. The highest BCUT2D eigenvalue weighted by atomic mass is 16.5. The van der Waals surface area contributed by atoms with Crippen LogP contribution in [0.15, 0.2) is 24.3 Å². The Morgan fingerprint density at radius 1 is 1.38 bits per heavy atom. The molecule has 8 heavy (non-hydrogen) atoms. The topological polar surface area (TPSA) is 9.23 Å². The Bertz CT molecular complexity index is 146. The Balaban J connectivity index is 2.83. The van der Waals surface area contributed by atoms with Gasteiger partial charge in [-0.2, -0.15) is 18.2 Å². The second-order valence-corrected chi connectivity index (χ2v) is 1.44. The van der Waals surface area contributed by atoms with Crippen LogP contribution in [0.1, 0.15) is 0 Å². The van der Waals surface area contributed by atoms with Crippen LogP contribution >= 0.6 is 0 Å². The molecule has 1 aromatic carbocycles. The molecule has 0 atom stereocenters. The lowest BCUT2D eigenvalue weighted by molar-refractivity contribution is 0.415. The summed E-state index contributed by atoms with van der Waals surface area (Å²) in [6.45, 7) is 0. The van der Waals surface area contributed by atoms with Crippen molar-refractivity contribution in [2.24, 2.45) is 0 Å². The van der Waals surface area contributed by atoms with Crippen LogP contribution < -0.4 is 4.74 Å². The molecule has 1 rings (SSSR count). The molecule has 0 aliphatic heterocycles.